The fourth-order valence-corrected chi connectivity index (χ4v) is 2.65. The lowest BCUT2D eigenvalue weighted by Gasteiger charge is -2.18. The number of rotatable bonds is 8. The minimum absolute atomic E-state index is 0.185. The Morgan fingerprint density at radius 2 is 2.00 bits per heavy atom. The van der Waals surface area contributed by atoms with E-state index >= 15 is 0 Å². The van der Waals surface area contributed by atoms with Gasteiger partial charge in [0.1, 0.15) is 6.33 Å². The summed E-state index contributed by atoms with van der Waals surface area (Å²) in [4.78, 5) is 16.8. The molecule has 1 atom stereocenters. The van der Waals surface area contributed by atoms with Crippen molar-refractivity contribution in [1.82, 2.24) is 20.1 Å². The fourth-order valence-electron chi connectivity index (χ4n) is 2.65. The van der Waals surface area contributed by atoms with E-state index in [1.165, 1.54) is 0 Å². The van der Waals surface area contributed by atoms with Gasteiger partial charge in [-0.25, -0.2) is 4.68 Å². The number of carbonyl (C=O) groups excluding carboxylic acids is 1. The molecule has 7 nitrogen and oxygen atoms in total. The van der Waals surface area contributed by atoms with Crippen molar-refractivity contribution in [2.75, 3.05) is 11.9 Å². The van der Waals surface area contributed by atoms with Crippen LogP contribution in [-0.4, -0.2) is 38.4 Å². The van der Waals surface area contributed by atoms with Crippen LogP contribution in [0, 0.1) is 0 Å². The van der Waals surface area contributed by atoms with E-state index < -0.39 is 6.04 Å². The Kier molecular flexibility index (Phi) is 6.18. The van der Waals surface area contributed by atoms with E-state index in [1.54, 1.807) is 29.2 Å². The van der Waals surface area contributed by atoms with Crippen LogP contribution in [0.4, 0.5) is 11.6 Å². The first kappa shape index (κ1) is 19.3. The number of amides is 1. The summed E-state index contributed by atoms with van der Waals surface area (Å²) >= 11 is 0. The summed E-state index contributed by atoms with van der Waals surface area (Å²) < 4.78 is 1.59. The minimum atomic E-state index is -0.464. The molecule has 1 unspecified atom stereocenters. The maximum absolute atomic E-state index is 12.5. The van der Waals surface area contributed by atoms with Crippen LogP contribution in [0.15, 0.2) is 73.1 Å². The molecular weight excluding hydrogens is 354 g/mol. The number of benzene rings is 2. The van der Waals surface area contributed by atoms with Crippen LogP contribution in [0.1, 0.15) is 23.7 Å². The molecule has 0 aliphatic rings. The predicted octanol–water partition coefficient (Wildman–Crippen LogP) is 3.07. The van der Waals surface area contributed by atoms with Gasteiger partial charge in [-0.1, -0.05) is 43.3 Å². The number of aliphatic hydroxyl groups is 1. The molecule has 28 heavy (non-hydrogen) atoms. The van der Waals surface area contributed by atoms with Crippen molar-refractivity contribution in [1.29, 1.82) is 0 Å². The lowest BCUT2D eigenvalue weighted by molar-refractivity contribution is 0.0926. The molecule has 1 amide bonds. The number of aliphatic hydroxyl groups excluding tert-OH is 1. The molecule has 0 fully saturated rings. The van der Waals surface area contributed by atoms with Gasteiger partial charge in [-0.15, -0.1) is 5.10 Å². The van der Waals surface area contributed by atoms with Gasteiger partial charge < -0.3 is 15.7 Å². The molecule has 0 bridgehead atoms. The summed E-state index contributed by atoms with van der Waals surface area (Å²) in [5.41, 5.74) is 2.84. The zero-order chi connectivity index (χ0) is 19.9. The number of anilines is 2. The van der Waals surface area contributed by atoms with Crippen LogP contribution in [0.5, 0.6) is 0 Å². The zero-order valence-electron chi connectivity index (χ0n) is 15.7. The highest BCUT2D eigenvalue weighted by molar-refractivity contribution is 5.95. The van der Waals surface area contributed by atoms with E-state index in [0.29, 0.717) is 23.6 Å². The Hall–Kier alpha value is -3.45. The molecular formula is C21H23N5O2. The van der Waals surface area contributed by atoms with Gasteiger partial charge in [-0.3, -0.25) is 4.79 Å². The molecule has 1 heterocycles. The Bertz CT molecular complexity index is 952. The lowest BCUT2D eigenvalue weighted by Crippen LogP contribution is -2.38. The van der Waals surface area contributed by atoms with Crippen molar-refractivity contribution in [3.8, 4) is 5.69 Å². The average molecular weight is 377 g/mol. The third-order valence-electron chi connectivity index (χ3n) is 4.33. The van der Waals surface area contributed by atoms with Gasteiger partial charge in [0.15, 0.2) is 0 Å². The lowest BCUT2D eigenvalue weighted by atomic mass is 10.1. The number of hydrogen-bond donors (Lipinski definition) is 3. The minimum Gasteiger partial charge on any atom is -0.394 e. The van der Waals surface area contributed by atoms with Gasteiger partial charge in [-0.2, -0.15) is 4.98 Å². The number of hydrogen-bond acceptors (Lipinski definition) is 5. The summed E-state index contributed by atoms with van der Waals surface area (Å²) in [6.45, 7) is 5.64. The molecule has 0 saturated heterocycles. The molecule has 1 aromatic heterocycles. The van der Waals surface area contributed by atoms with E-state index in [4.69, 9.17) is 0 Å². The number of nitrogens with one attached hydrogen (secondary N) is 2. The van der Waals surface area contributed by atoms with Crippen LogP contribution >= 0.6 is 0 Å². The largest absolute Gasteiger partial charge is 0.394 e. The fraction of sp³-hybridized carbons (Fsp3) is 0.190. The van der Waals surface area contributed by atoms with E-state index in [-0.39, 0.29) is 12.5 Å². The van der Waals surface area contributed by atoms with Crippen molar-refractivity contribution in [2.45, 2.75) is 19.4 Å². The molecule has 3 aromatic rings. The standard InChI is InChI=1S/C21H23N5O2/c1-3-15(2)19(13-27)24-20(28)16-8-7-11-18(12-16)26-14-22-21(25-26)23-17-9-5-4-6-10-17/h4-12,14,19,27H,2-3,13H2,1H3,(H,23,25)(H,24,28). The van der Waals surface area contributed by atoms with Crippen LogP contribution in [-0.2, 0) is 0 Å². The first-order chi connectivity index (χ1) is 13.6. The summed E-state index contributed by atoms with van der Waals surface area (Å²) in [7, 11) is 0. The molecule has 0 saturated carbocycles. The zero-order valence-corrected chi connectivity index (χ0v) is 15.7. The summed E-state index contributed by atoms with van der Waals surface area (Å²) in [5, 5.41) is 19.8. The van der Waals surface area contributed by atoms with Crippen molar-refractivity contribution in [2.24, 2.45) is 0 Å². The highest BCUT2D eigenvalue weighted by Crippen LogP contribution is 2.15. The van der Waals surface area contributed by atoms with Gasteiger partial charge in [0.05, 0.1) is 18.3 Å². The first-order valence-electron chi connectivity index (χ1n) is 9.04. The summed E-state index contributed by atoms with van der Waals surface area (Å²) in [6, 6.07) is 16.2. The second kappa shape index (κ2) is 8.96. The number of para-hydroxylation sites is 1. The van der Waals surface area contributed by atoms with Crippen LogP contribution < -0.4 is 10.6 Å². The average Bonchev–Trinajstić information content (AvgIpc) is 3.20. The third-order valence-corrected chi connectivity index (χ3v) is 4.33. The highest BCUT2D eigenvalue weighted by atomic mass is 16.3. The van der Waals surface area contributed by atoms with E-state index in [9.17, 15) is 9.90 Å². The monoisotopic (exact) mass is 377 g/mol. The summed E-state index contributed by atoms with van der Waals surface area (Å²) in [5.74, 6) is 0.180. The van der Waals surface area contributed by atoms with Gasteiger partial charge in [0.2, 0.25) is 5.95 Å². The Balaban J connectivity index is 1.74. The maximum atomic E-state index is 12.5. The van der Waals surface area contributed by atoms with Crippen LogP contribution in [0.25, 0.3) is 5.69 Å². The maximum Gasteiger partial charge on any atom is 0.251 e. The Morgan fingerprint density at radius 1 is 1.21 bits per heavy atom. The SMILES string of the molecule is C=C(CC)C(CO)NC(=O)c1cccc(-n2cnc(Nc3ccccc3)n2)c1. The van der Waals surface area contributed by atoms with Gasteiger partial charge in [0.25, 0.3) is 5.91 Å². The third kappa shape index (κ3) is 4.63. The quantitative estimate of drug-likeness (QED) is 0.525. The number of nitrogens with zero attached hydrogens (tertiary/aromatic N) is 3. The molecule has 0 aliphatic carbocycles. The van der Waals surface area contributed by atoms with Gasteiger partial charge >= 0.3 is 0 Å². The Labute approximate surface area is 163 Å². The molecule has 3 rings (SSSR count). The molecule has 3 N–H and O–H groups in total. The second-order valence-corrected chi connectivity index (χ2v) is 6.27. The smallest absolute Gasteiger partial charge is 0.251 e. The second-order valence-electron chi connectivity index (χ2n) is 6.27. The van der Waals surface area contributed by atoms with Crippen molar-refractivity contribution >= 4 is 17.5 Å². The topological polar surface area (TPSA) is 92.1 Å². The molecule has 0 radical (unpaired) electrons. The van der Waals surface area contributed by atoms with Crippen molar-refractivity contribution in [3.63, 3.8) is 0 Å². The normalized spacial score (nSPS) is 11.6. The molecule has 0 spiro atoms. The van der Waals surface area contributed by atoms with Crippen LogP contribution in [0.3, 0.4) is 0 Å². The molecule has 2 aromatic carbocycles. The van der Waals surface area contributed by atoms with Crippen LogP contribution in [0.2, 0.25) is 0 Å². The number of aromatic nitrogens is 3. The van der Waals surface area contributed by atoms with E-state index in [0.717, 1.165) is 11.3 Å². The van der Waals surface area contributed by atoms with E-state index in [2.05, 4.69) is 27.3 Å². The first-order valence-corrected chi connectivity index (χ1v) is 9.04. The predicted molar refractivity (Wildman–Crippen MR) is 109 cm³/mol. The number of carbonyl (C=O) groups is 1. The highest BCUT2D eigenvalue weighted by Gasteiger charge is 2.15. The molecule has 0 aliphatic heterocycles. The van der Waals surface area contributed by atoms with Crippen molar-refractivity contribution < 1.29 is 9.90 Å². The van der Waals surface area contributed by atoms with Crippen molar-refractivity contribution in [3.05, 3.63) is 78.6 Å². The molecule has 144 valence electrons. The summed E-state index contributed by atoms with van der Waals surface area (Å²) in [6.07, 6.45) is 2.26. The Morgan fingerprint density at radius 3 is 2.71 bits per heavy atom. The molecule has 7 heteroatoms. The van der Waals surface area contributed by atoms with Gasteiger partial charge in [-0.05, 0) is 36.8 Å². The van der Waals surface area contributed by atoms with E-state index in [1.807, 2.05) is 43.3 Å². The van der Waals surface area contributed by atoms with Gasteiger partial charge in [0, 0.05) is 11.3 Å².